The molecule has 120 heavy (non-hydrogen) atoms. The number of aryl methyl sites for hydroxylation is 4. The Balaban J connectivity index is 0.0000000947. The summed E-state index contributed by atoms with van der Waals surface area (Å²) in [6, 6.07) is 133. The van der Waals surface area contributed by atoms with Crippen molar-refractivity contribution in [2.45, 2.75) is 27.7 Å². The number of para-hydroxylation sites is 4. The molecule has 0 aliphatic rings. The van der Waals surface area contributed by atoms with Crippen molar-refractivity contribution in [2.75, 3.05) is 0 Å². The molecule has 0 aliphatic heterocycles. The highest BCUT2D eigenvalue weighted by Gasteiger charge is 2.23. The van der Waals surface area contributed by atoms with Crippen LogP contribution in [0.25, 0.3) is 214 Å². The summed E-state index contributed by atoms with van der Waals surface area (Å²) in [4.78, 5) is 15.0. The van der Waals surface area contributed by atoms with Gasteiger partial charge < -0.3 is 13.7 Å². The van der Waals surface area contributed by atoms with Gasteiger partial charge in [0.1, 0.15) is 0 Å². The summed E-state index contributed by atoms with van der Waals surface area (Å²) in [6.07, 6.45) is 0. The van der Waals surface area contributed by atoms with Crippen LogP contribution < -0.4 is 0 Å². The van der Waals surface area contributed by atoms with Gasteiger partial charge in [-0.15, -0.1) is 45.3 Å². The summed E-state index contributed by atoms with van der Waals surface area (Å²) in [5.41, 5.74) is 20.5. The summed E-state index contributed by atoms with van der Waals surface area (Å²) in [6.45, 7) is 8.65. The van der Waals surface area contributed by atoms with Crippen LogP contribution in [-0.4, -0.2) is 33.2 Å². The van der Waals surface area contributed by atoms with Gasteiger partial charge in [0.05, 0.1) is 44.1 Å². The predicted octanol–water partition coefficient (Wildman–Crippen LogP) is 31.4. The first-order chi connectivity index (χ1) is 59.1. The van der Waals surface area contributed by atoms with E-state index in [2.05, 4.69) is 355 Å². The van der Waals surface area contributed by atoms with Crippen LogP contribution >= 0.6 is 45.3 Å². The quantitative estimate of drug-likeness (QED) is 0.167. The zero-order valence-electron chi connectivity index (χ0n) is 66.0. The standard InChI is InChI=1S/C34H22N4S.3C25H17NS/c1-21-16-17-28-25(18-21)26-19-27-24-14-8-9-15-30(24)39-31(27)20-29(26)38(28)34-36-32(22-10-4-2-5-11-22)35-33(37-34)23-12-6-3-7-13-23;1-16-11-12-18-20-14-21-19-9-5-6-10-24(19)27-25(21)15-23(20)26(22(18)13-16)17-7-3-2-4-8-17;1-16-11-12-24-20(13-16)21-14-19-18-9-5-6-10-22(18)26(17-7-3-2-4-8-17)23(19)15-25(21)27-24;1-16-11-12-22-19(13-16)20-14-21-18-9-5-6-10-24(18)27-25(21)15-23(20)26(22)17-7-3-2-4-8-17/h2-20H,1H3;3*2-15H,1H3. The zero-order chi connectivity index (χ0) is 79.8. The fourth-order valence-electron chi connectivity index (χ4n) is 18.1. The molecule has 0 aliphatic carbocycles. The van der Waals surface area contributed by atoms with E-state index in [4.69, 9.17) is 15.0 Å². The molecule has 0 bridgehead atoms. The van der Waals surface area contributed by atoms with E-state index in [1.54, 1.807) is 0 Å². The zero-order valence-corrected chi connectivity index (χ0v) is 69.2. The number of benzene rings is 17. The van der Waals surface area contributed by atoms with Crippen molar-refractivity contribution in [2.24, 2.45) is 0 Å². The summed E-state index contributed by atoms with van der Waals surface area (Å²) in [5.74, 6) is 1.93. The minimum absolute atomic E-state index is 0.618. The SMILES string of the molecule is Cc1ccc2c(c1)c1cc3c(cc1n2-c1ccccc1)sc1ccccc13.Cc1ccc2c(c1)c1cc3c(cc1n2-c1nc(-c2ccccc2)nc(-c2ccccc2)n1)sc1ccccc13.Cc1ccc2c3cc4c(cc3n(-c3ccccc3)c2c1)sc1ccccc14.Cc1ccc2sc3cc4c(cc3c2c1)c1ccccc1n4-c1ccccc1. The number of hydrogen-bond acceptors (Lipinski definition) is 7. The fraction of sp³-hybridized carbons (Fsp3) is 0.0367. The minimum Gasteiger partial charge on any atom is -0.309 e. The molecule has 9 aromatic heterocycles. The van der Waals surface area contributed by atoms with Gasteiger partial charge in [0.2, 0.25) is 5.95 Å². The van der Waals surface area contributed by atoms with E-state index < -0.39 is 0 Å². The molecule has 17 aromatic carbocycles. The van der Waals surface area contributed by atoms with Crippen LogP contribution in [0.4, 0.5) is 0 Å². The van der Waals surface area contributed by atoms with Crippen molar-refractivity contribution < 1.29 is 0 Å². The molecule has 26 aromatic rings. The van der Waals surface area contributed by atoms with Gasteiger partial charge in [-0.3, -0.25) is 4.57 Å². The lowest BCUT2D eigenvalue weighted by Crippen LogP contribution is -2.06. The summed E-state index contributed by atoms with van der Waals surface area (Å²) < 4.78 is 20.1. The molecule has 11 heteroatoms. The van der Waals surface area contributed by atoms with Gasteiger partial charge >= 0.3 is 0 Å². The maximum Gasteiger partial charge on any atom is 0.238 e. The first-order valence-electron chi connectivity index (χ1n) is 40.6. The lowest BCUT2D eigenvalue weighted by molar-refractivity contribution is 0.954. The summed E-state index contributed by atoms with van der Waals surface area (Å²) >= 11 is 7.47. The number of thiophene rings is 4. The molecule has 0 saturated carbocycles. The van der Waals surface area contributed by atoms with Gasteiger partial charge in [-0.25, -0.2) is 4.98 Å². The molecular weight excluding hydrogens is 1540 g/mol. The Morgan fingerprint density at radius 2 is 0.450 bits per heavy atom. The van der Waals surface area contributed by atoms with E-state index in [1.807, 2.05) is 106 Å². The van der Waals surface area contributed by atoms with Crippen LogP contribution in [0.15, 0.2) is 370 Å². The molecule has 26 rings (SSSR count). The third kappa shape index (κ3) is 12.1. The van der Waals surface area contributed by atoms with Crippen molar-refractivity contribution in [1.82, 2.24) is 33.2 Å². The van der Waals surface area contributed by atoms with Crippen LogP contribution in [0.1, 0.15) is 22.3 Å². The first kappa shape index (κ1) is 71.2. The van der Waals surface area contributed by atoms with Crippen molar-refractivity contribution in [1.29, 1.82) is 0 Å². The Bertz CT molecular complexity index is 8510. The number of hydrogen-bond donors (Lipinski definition) is 0. The molecule has 0 atom stereocenters. The number of fused-ring (bicyclic) bond motifs is 24. The Labute approximate surface area is 706 Å². The lowest BCUT2D eigenvalue weighted by atomic mass is 10.1. The molecule has 0 saturated heterocycles. The van der Waals surface area contributed by atoms with Gasteiger partial charge in [0.15, 0.2) is 11.6 Å². The second-order valence-electron chi connectivity index (χ2n) is 31.3. The van der Waals surface area contributed by atoms with Gasteiger partial charge in [0.25, 0.3) is 0 Å². The molecule has 0 fully saturated rings. The van der Waals surface area contributed by atoms with Gasteiger partial charge in [0, 0.05) is 152 Å². The van der Waals surface area contributed by atoms with E-state index >= 15 is 0 Å². The fourth-order valence-corrected chi connectivity index (χ4v) is 22.5. The molecule has 0 N–H and O–H groups in total. The highest BCUT2D eigenvalue weighted by atomic mass is 32.1. The maximum absolute atomic E-state index is 5.06. The van der Waals surface area contributed by atoms with Crippen molar-refractivity contribution in [3.8, 4) is 45.8 Å². The predicted molar refractivity (Wildman–Crippen MR) is 518 cm³/mol. The van der Waals surface area contributed by atoms with E-state index in [0.717, 1.165) is 22.2 Å². The van der Waals surface area contributed by atoms with Crippen LogP contribution in [-0.2, 0) is 0 Å². The van der Waals surface area contributed by atoms with Crippen LogP contribution in [0.2, 0.25) is 0 Å². The number of aromatic nitrogens is 7. The van der Waals surface area contributed by atoms with Crippen molar-refractivity contribution >= 4 is 213 Å². The lowest BCUT2D eigenvalue weighted by Gasteiger charge is -2.11. The Morgan fingerprint density at radius 1 is 0.175 bits per heavy atom. The Morgan fingerprint density at radius 3 is 0.892 bits per heavy atom. The van der Waals surface area contributed by atoms with E-state index in [-0.39, 0.29) is 0 Å². The first-order valence-corrected chi connectivity index (χ1v) is 43.9. The molecule has 0 unspecified atom stereocenters. The van der Waals surface area contributed by atoms with E-state index in [1.165, 1.54) is 196 Å². The molecule has 0 radical (unpaired) electrons. The molecule has 7 nitrogen and oxygen atoms in total. The highest BCUT2D eigenvalue weighted by molar-refractivity contribution is 7.27. The summed E-state index contributed by atoms with van der Waals surface area (Å²) in [7, 11) is 0. The van der Waals surface area contributed by atoms with Crippen molar-refractivity contribution in [3.05, 3.63) is 392 Å². The second kappa shape index (κ2) is 28.9. The topological polar surface area (TPSA) is 58.4 Å². The summed E-state index contributed by atoms with van der Waals surface area (Å²) in [5, 5.41) is 21.1. The van der Waals surface area contributed by atoms with Crippen LogP contribution in [0.5, 0.6) is 0 Å². The van der Waals surface area contributed by atoms with Gasteiger partial charge in [-0.2, -0.15) is 9.97 Å². The van der Waals surface area contributed by atoms with Gasteiger partial charge in [-0.05, 0) is 185 Å². The average molecular weight is 1610 g/mol. The number of nitrogens with zero attached hydrogens (tertiary/aromatic N) is 7. The molecular formula is C109H73N7S4. The molecule has 9 heterocycles. The van der Waals surface area contributed by atoms with E-state index in [9.17, 15) is 0 Å². The Hall–Kier alpha value is -14.2. The smallest absolute Gasteiger partial charge is 0.238 e. The average Bonchev–Trinajstić information content (AvgIpc) is 1.59. The third-order valence-electron chi connectivity index (χ3n) is 23.6. The normalized spacial score (nSPS) is 11.8. The monoisotopic (exact) mass is 1610 g/mol. The van der Waals surface area contributed by atoms with Crippen LogP contribution in [0, 0.1) is 27.7 Å². The van der Waals surface area contributed by atoms with Crippen LogP contribution in [0.3, 0.4) is 0 Å². The maximum atomic E-state index is 5.06. The third-order valence-corrected chi connectivity index (χ3v) is 28.1. The molecule has 0 spiro atoms. The minimum atomic E-state index is 0.618. The molecule has 0 amide bonds. The van der Waals surface area contributed by atoms with E-state index in [0.29, 0.717) is 17.6 Å². The second-order valence-corrected chi connectivity index (χ2v) is 35.6. The van der Waals surface area contributed by atoms with Gasteiger partial charge in [-0.1, -0.05) is 235 Å². The largest absolute Gasteiger partial charge is 0.309 e. The highest BCUT2D eigenvalue weighted by Crippen LogP contribution is 2.47. The molecule has 568 valence electrons. The van der Waals surface area contributed by atoms with Crippen molar-refractivity contribution in [3.63, 3.8) is 0 Å². The number of rotatable bonds is 6. The Kier molecular flexibility index (Phi) is 17.1.